The van der Waals surface area contributed by atoms with Gasteiger partial charge in [-0.15, -0.1) is 0 Å². The fraction of sp³-hybridized carbons (Fsp3) is 0.412. The van der Waals surface area contributed by atoms with Gasteiger partial charge >= 0.3 is 12.3 Å². The molecular weight excluding hydrogens is 337 g/mol. The van der Waals surface area contributed by atoms with Gasteiger partial charge in [-0.1, -0.05) is 0 Å². The second-order valence-electron chi connectivity index (χ2n) is 6.42. The minimum atomic E-state index is -4.63. The third kappa shape index (κ3) is 4.12. The van der Waals surface area contributed by atoms with Gasteiger partial charge in [-0.2, -0.15) is 13.2 Å². The topological polar surface area (TPSA) is 53.4 Å². The van der Waals surface area contributed by atoms with Crippen molar-refractivity contribution in [2.24, 2.45) is 0 Å². The molecule has 2 aromatic heterocycles. The molecule has 2 aromatic rings. The quantitative estimate of drug-likeness (QED) is 0.785. The Bertz CT molecular complexity index is 789. The van der Waals surface area contributed by atoms with E-state index in [4.69, 9.17) is 9.47 Å². The maximum absolute atomic E-state index is 13.3. The number of aromatic nitrogens is 2. The molecule has 0 unspecified atom stereocenters. The van der Waals surface area contributed by atoms with Crippen molar-refractivity contribution in [3.8, 4) is 17.1 Å². The van der Waals surface area contributed by atoms with Gasteiger partial charge < -0.3 is 9.47 Å². The molecule has 5 nitrogen and oxygen atoms in total. The molecule has 0 amide bonds. The second-order valence-corrected chi connectivity index (χ2v) is 6.42. The van der Waals surface area contributed by atoms with E-state index in [2.05, 4.69) is 4.98 Å². The molecule has 2 rings (SSSR count). The Kier molecular flexibility index (Phi) is 4.83. The SMILES string of the molecule is COc1nc(C)c(-c2cccn2C(=O)OC(C)(C)C)cc1C(F)(F)F. The van der Waals surface area contributed by atoms with E-state index in [9.17, 15) is 18.0 Å². The summed E-state index contributed by atoms with van der Waals surface area (Å²) in [6.45, 7) is 6.66. The van der Waals surface area contributed by atoms with Crippen LogP contribution in [0.3, 0.4) is 0 Å². The molecule has 0 N–H and O–H groups in total. The number of halogens is 3. The summed E-state index contributed by atoms with van der Waals surface area (Å²) in [5.74, 6) is -0.510. The van der Waals surface area contributed by atoms with E-state index in [-0.39, 0.29) is 11.3 Å². The number of aryl methyl sites for hydroxylation is 1. The van der Waals surface area contributed by atoms with Gasteiger partial charge in [0.25, 0.3) is 0 Å². The molecule has 0 saturated carbocycles. The Morgan fingerprint density at radius 3 is 2.40 bits per heavy atom. The highest BCUT2D eigenvalue weighted by Gasteiger charge is 2.36. The van der Waals surface area contributed by atoms with Crippen LogP contribution >= 0.6 is 0 Å². The molecule has 0 atom stereocenters. The minimum absolute atomic E-state index is 0.170. The first-order chi connectivity index (χ1) is 11.4. The Balaban J connectivity index is 2.57. The lowest BCUT2D eigenvalue weighted by atomic mass is 10.1. The summed E-state index contributed by atoms with van der Waals surface area (Å²) in [5.41, 5.74) is -1.01. The summed E-state index contributed by atoms with van der Waals surface area (Å²) in [7, 11) is 1.13. The summed E-state index contributed by atoms with van der Waals surface area (Å²) < 4.78 is 50.9. The lowest BCUT2D eigenvalue weighted by Gasteiger charge is -2.21. The predicted molar refractivity (Wildman–Crippen MR) is 85.6 cm³/mol. The van der Waals surface area contributed by atoms with Crippen LogP contribution < -0.4 is 4.74 Å². The van der Waals surface area contributed by atoms with Gasteiger partial charge in [-0.25, -0.2) is 9.78 Å². The molecule has 0 fully saturated rings. The van der Waals surface area contributed by atoms with Crippen LogP contribution in [-0.2, 0) is 10.9 Å². The summed E-state index contributed by atoms with van der Waals surface area (Å²) in [5, 5.41) is 0. The van der Waals surface area contributed by atoms with Crippen molar-refractivity contribution in [1.29, 1.82) is 0 Å². The van der Waals surface area contributed by atoms with Crippen molar-refractivity contribution in [2.75, 3.05) is 7.11 Å². The average Bonchev–Trinajstić information content (AvgIpc) is 2.93. The lowest BCUT2D eigenvalue weighted by Crippen LogP contribution is -2.27. The lowest BCUT2D eigenvalue weighted by molar-refractivity contribution is -0.139. The number of hydrogen-bond donors (Lipinski definition) is 0. The average molecular weight is 356 g/mol. The summed E-state index contributed by atoms with van der Waals surface area (Å²) in [4.78, 5) is 16.2. The summed E-state index contributed by atoms with van der Waals surface area (Å²) in [6, 6.07) is 4.01. The predicted octanol–water partition coefficient (Wildman–Crippen LogP) is 4.67. The molecule has 0 radical (unpaired) electrons. The first kappa shape index (κ1) is 18.8. The molecule has 25 heavy (non-hydrogen) atoms. The standard InChI is InChI=1S/C17H19F3N2O3/c1-10-11(9-12(17(18,19)20)14(21-10)24-5)13-7-6-8-22(13)15(23)25-16(2,3)4/h6-9H,1-5H3. The maximum Gasteiger partial charge on any atom is 0.421 e. The third-order valence-electron chi connectivity index (χ3n) is 3.29. The van der Waals surface area contributed by atoms with Gasteiger partial charge in [0.2, 0.25) is 5.88 Å². The fourth-order valence-corrected chi connectivity index (χ4v) is 2.27. The van der Waals surface area contributed by atoms with Crippen LogP contribution in [0.2, 0.25) is 0 Å². The number of rotatable bonds is 2. The first-order valence-electron chi connectivity index (χ1n) is 7.48. The van der Waals surface area contributed by atoms with Crippen molar-refractivity contribution in [3.05, 3.63) is 35.7 Å². The van der Waals surface area contributed by atoms with E-state index < -0.39 is 29.3 Å². The molecule has 0 bridgehead atoms. The smallest absolute Gasteiger partial charge is 0.421 e. The van der Waals surface area contributed by atoms with Crippen molar-refractivity contribution in [2.45, 2.75) is 39.5 Å². The number of pyridine rings is 1. The minimum Gasteiger partial charge on any atom is -0.481 e. The van der Waals surface area contributed by atoms with E-state index in [1.54, 1.807) is 33.8 Å². The van der Waals surface area contributed by atoms with Crippen LogP contribution in [-0.4, -0.2) is 28.4 Å². The van der Waals surface area contributed by atoms with Gasteiger partial charge in [0.1, 0.15) is 11.2 Å². The fourth-order valence-electron chi connectivity index (χ4n) is 2.27. The van der Waals surface area contributed by atoms with Crippen LogP contribution in [0.15, 0.2) is 24.4 Å². The number of nitrogens with zero attached hydrogens (tertiary/aromatic N) is 2. The molecule has 0 aliphatic carbocycles. The van der Waals surface area contributed by atoms with E-state index in [0.717, 1.165) is 17.7 Å². The maximum atomic E-state index is 13.3. The number of carbonyl (C=O) groups excluding carboxylic acids is 1. The van der Waals surface area contributed by atoms with E-state index in [1.807, 2.05) is 0 Å². The number of hydrogen-bond acceptors (Lipinski definition) is 4. The van der Waals surface area contributed by atoms with Crippen LogP contribution in [0.25, 0.3) is 11.3 Å². The van der Waals surface area contributed by atoms with Crippen LogP contribution in [0.4, 0.5) is 18.0 Å². The van der Waals surface area contributed by atoms with Gasteiger partial charge in [0.15, 0.2) is 0 Å². The monoisotopic (exact) mass is 356 g/mol. The molecular formula is C17H19F3N2O3. The largest absolute Gasteiger partial charge is 0.481 e. The van der Waals surface area contributed by atoms with Crippen LogP contribution in [0.5, 0.6) is 5.88 Å². The van der Waals surface area contributed by atoms with E-state index in [0.29, 0.717) is 5.69 Å². The summed E-state index contributed by atoms with van der Waals surface area (Å²) >= 11 is 0. The number of carbonyl (C=O) groups is 1. The normalized spacial score (nSPS) is 12.2. The molecule has 0 spiro atoms. The van der Waals surface area contributed by atoms with Crippen LogP contribution in [0.1, 0.15) is 32.0 Å². The first-order valence-corrected chi connectivity index (χ1v) is 7.48. The van der Waals surface area contributed by atoms with Crippen molar-refractivity contribution in [3.63, 3.8) is 0 Å². The molecule has 2 heterocycles. The van der Waals surface area contributed by atoms with Crippen molar-refractivity contribution in [1.82, 2.24) is 9.55 Å². The van der Waals surface area contributed by atoms with Gasteiger partial charge in [-0.3, -0.25) is 4.57 Å². The van der Waals surface area contributed by atoms with E-state index >= 15 is 0 Å². The Labute approximate surface area is 143 Å². The number of methoxy groups -OCH3 is 1. The Morgan fingerprint density at radius 2 is 1.88 bits per heavy atom. The van der Waals surface area contributed by atoms with Gasteiger partial charge in [0.05, 0.1) is 18.5 Å². The zero-order valence-electron chi connectivity index (χ0n) is 14.6. The summed E-state index contributed by atoms with van der Waals surface area (Å²) in [6.07, 6.45) is -3.89. The van der Waals surface area contributed by atoms with Gasteiger partial charge in [0, 0.05) is 11.8 Å². The molecule has 0 aliphatic heterocycles. The Morgan fingerprint density at radius 1 is 1.24 bits per heavy atom. The number of alkyl halides is 3. The van der Waals surface area contributed by atoms with E-state index in [1.165, 1.54) is 12.3 Å². The number of ether oxygens (including phenoxy) is 2. The molecule has 0 aliphatic rings. The molecule has 8 heteroatoms. The highest BCUT2D eigenvalue weighted by atomic mass is 19.4. The zero-order valence-corrected chi connectivity index (χ0v) is 14.6. The highest BCUT2D eigenvalue weighted by molar-refractivity contribution is 5.79. The van der Waals surface area contributed by atoms with Gasteiger partial charge in [-0.05, 0) is 45.9 Å². The molecule has 0 aromatic carbocycles. The third-order valence-corrected chi connectivity index (χ3v) is 3.29. The molecule has 0 saturated heterocycles. The van der Waals surface area contributed by atoms with Crippen LogP contribution in [0, 0.1) is 6.92 Å². The van der Waals surface area contributed by atoms with Crippen molar-refractivity contribution < 1.29 is 27.4 Å². The van der Waals surface area contributed by atoms with Crippen molar-refractivity contribution >= 4 is 6.09 Å². The molecule has 136 valence electrons. The second kappa shape index (κ2) is 6.42. The zero-order chi connectivity index (χ0) is 19.0. The highest BCUT2D eigenvalue weighted by Crippen LogP contribution is 2.38. The Hall–Kier alpha value is -2.51.